The lowest BCUT2D eigenvalue weighted by atomic mass is 10.2. The second-order valence-corrected chi connectivity index (χ2v) is 6.09. The third-order valence-electron chi connectivity index (χ3n) is 3.29. The molecule has 6 nitrogen and oxygen atoms in total. The third-order valence-corrected chi connectivity index (χ3v) is 4.43. The molecule has 0 radical (unpaired) electrons. The van der Waals surface area contributed by atoms with Gasteiger partial charge in [-0.2, -0.15) is 0 Å². The number of benzene rings is 2. The first kappa shape index (κ1) is 17.4. The summed E-state index contributed by atoms with van der Waals surface area (Å²) in [6.45, 7) is 0. The summed E-state index contributed by atoms with van der Waals surface area (Å²) in [6.07, 6.45) is 1.43. The van der Waals surface area contributed by atoms with Crippen LogP contribution in [-0.4, -0.2) is 16.8 Å². The minimum atomic E-state index is -0.694. The smallest absolute Gasteiger partial charge is 0.363 e. The summed E-state index contributed by atoms with van der Waals surface area (Å²) in [7, 11) is 0. The summed E-state index contributed by atoms with van der Waals surface area (Å²) in [4.78, 5) is 26.3. The van der Waals surface area contributed by atoms with Gasteiger partial charge in [-0.1, -0.05) is 46.9 Å². The quantitative estimate of drug-likeness (QED) is 0.319. The Labute approximate surface area is 156 Å². The molecule has 0 unspecified atom stereocenters. The Morgan fingerprint density at radius 3 is 2.56 bits per heavy atom. The number of nitro groups is 1. The SMILES string of the molecule is O=C1OC(c2ccc([N+](=O)[O-])cc2Cl)=NC1=Cc1cccc(Cl)c1Cl. The van der Waals surface area contributed by atoms with E-state index in [1.54, 1.807) is 18.2 Å². The van der Waals surface area contributed by atoms with Crippen molar-refractivity contribution in [3.63, 3.8) is 0 Å². The fraction of sp³-hybridized carbons (Fsp3) is 0. The van der Waals surface area contributed by atoms with Crippen molar-refractivity contribution in [3.8, 4) is 0 Å². The van der Waals surface area contributed by atoms with E-state index in [0.29, 0.717) is 10.6 Å². The lowest BCUT2D eigenvalue weighted by Crippen LogP contribution is -2.06. The summed E-state index contributed by atoms with van der Waals surface area (Å²) >= 11 is 18.0. The number of ether oxygens (including phenoxy) is 1. The first-order valence-corrected chi connectivity index (χ1v) is 7.91. The molecule has 9 heteroatoms. The highest BCUT2D eigenvalue weighted by molar-refractivity contribution is 6.43. The number of non-ortho nitro benzene ring substituents is 1. The number of cyclic esters (lactones) is 1. The average Bonchev–Trinajstić information content (AvgIpc) is 2.92. The molecule has 0 spiro atoms. The molecule has 1 heterocycles. The van der Waals surface area contributed by atoms with E-state index in [1.807, 2.05) is 0 Å². The zero-order valence-corrected chi connectivity index (χ0v) is 14.5. The maximum absolute atomic E-state index is 12.0. The molecule has 0 atom stereocenters. The molecule has 0 N–H and O–H groups in total. The van der Waals surface area contributed by atoms with E-state index in [-0.39, 0.29) is 32.9 Å². The van der Waals surface area contributed by atoms with E-state index < -0.39 is 10.9 Å². The maximum Gasteiger partial charge on any atom is 0.363 e. The molecule has 0 bridgehead atoms. The molecule has 3 rings (SSSR count). The van der Waals surface area contributed by atoms with Gasteiger partial charge in [0.15, 0.2) is 5.70 Å². The number of hydrogen-bond donors (Lipinski definition) is 0. The van der Waals surface area contributed by atoms with E-state index in [0.717, 1.165) is 6.07 Å². The Balaban J connectivity index is 1.99. The van der Waals surface area contributed by atoms with Gasteiger partial charge in [-0.25, -0.2) is 9.79 Å². The summed E-state index contributed by atoms with van der Waals surface area (Å²) in [5.74, 6) is -0.741. The molecule has 0 aliphatic carbocycles. The van der Waals surface area contributed by atoms with Crippen molar-refractivity contribution in [1.82, 2.24) is 0 Å². The molecule has 0 amide bonds. The molecule has 0 aromatic heterocycles. The second-order valence-electron chi connectivity index (χ2n) is 4.90. The number of hydrogen-bond acceptors (Lipinski definition) is 5. The topological polar surface area (TPSA) is 81.8 Å². The van der Waals surface area contributed by atoms with Crippen molar-refractivity contribution in [1.29, 1.82) is 0 Å². The van der Waals surface area contributed by atoms with Crippen LogP contribution in [0, 0.1) is 10.1 Å². The predicted octanol–water partition coefficient (Wildman–Crippen LogP) is 4.90. The number of aliphatic imine (C=N–C) groups is 1. The van der Waals surface area contributed by atoms with Crippen LogP contribution in [0.5, 0.6) is 0 Å². The highest BCUT2D eigenvalue weighted by atomic mass is 35.5. The summed E-state index contributed by atoms with van der Waals surface area (Å²) in [5.41, 5.74) is 0.593. The Morgan fingerprint density at radius 2 is 1.88 bits per heavy atom. The van der Waals surface area contributed by atoms with Gasteiger partial charge < -0.3 is 4.74 Å². The van der Waals surface area contributed by atoms with Gasteiger partial charge in [0.25, 0.3) is 5.69 Å². The van der Waals surface area contributed by atoms with Gasteiger partial charge in [0.1, 0.15) is 0 Å². The van der Waals surface area contributed by atoms with Crippen LogP contribution >= 0.6 is 34.8 Å². The van der Waals surface area contributed by atoms with Crippen molar-refractivity contribution in [3.05, 3.63) is 78.4 Å². The van der Waals surface area contributed by atoms with E-state index in [4.69, 9.17) is 39.5 Å². The van der Waals surface area contributed by atoms with Gasteiger partial charge in [0.05, 0.1) is 25.6 Å². The molecule has 0 saturated heterocycles. The molecular weight excluding hydrogens is 391 g/mol. The molecular formula is C16H7Cl3N2O4. The minimum absolute atomic E-state index is 0.00795. The second kappa shape index (κ2) is 6.84. The number of carbonyl (C=O) groups is 1. The summed E-state index contributed by atoms with van der Waals surface area (Å²) < 4.78 is 5.10. The first-order valence-electron chi connectivity index (χ1n) is 6.77. The van der Waals surface area contributed by atoms with E-state index in [1.165, 1.54) is 18.2 Å². The summed E-state index contributed by atoms with van der Waals surface area (Å²) in [5, 5.41) is 11.4. The number of nitro benzene ring substituents is 1. The fourth-order valence-corrected chi connectivity index (χ4v) is 2.71. The largest absolute Gasteiger partial charge is 0.402 e. The molecule has 126 valence electrons. The zero-order chi connectivity index (χ0) is 18.1. The average molecular weight is 398 g/mol. The lowest BCUT2D eigenvalue weighted by molar-refractivity contribution is -0.384. The van der Waals surface area contributed by atoms with Crippen molar-refractivity contribution in [2.75, 3.05) is 0 Å². The van der Waals surface area contributed by atoms with Crippen molar-refractivity contribution < 1.29 is 14.5 Å². The van der Waals surface area contributed by atoms with E-state index in [2.05, 4.69) is 4.99 Å². The van der Waals surface area contributed by atoms with Crippen LogP contribution in [0.3, 0.4) is 0 Å². The first-order chi connectivity index (χ1) is 11.9. The Bertz CT molecular complexity index is 970. The maximum atomic E-state index is 12.0. The van der Waals surface area contributed by atoms with Gasteiger partial charge in [-0.15, -0.1) is 0 Å². The summed E-state index contributed by atoms with van der Waals surface area (Å²) in [6, 6.07) is 8.72. The Hall–Kier alpha value is -2.41. The van der Waals surface area contributed by atoms with Crippen molar-refractivity contribution in [2.24, 2.45) is 4.99 Å². The van der Waals surface area contributed by atoms with E-state index >= 15 is 0 Å². The van der Waals surface area contributed by atoms with Gasteiger partial charge in [0, 0.05) is 12.1 Å². The normalized spacial score (nSPS) is 15.2. The van der Waals surface area contributed by atoms with Crippen LogP contribution in [0.25, 0.3) is 6.08 Å². The predicted molar refractivity (Wildman–Crippen MR) is 95.2 cm³/mol. The van der Waals surface area contributed by atoms with Crippen LogP contribution in [0.2, 0.25) is 15.1 Å². The van der Waals surface area contributed by atoms with Crippen LogP contribution in [0.1, 0.15) is 11.1 Å². The molecule has 1 aliphatic rings. The van der Waals surface area contributed by atoms with E-state index in [9.17, 15) is 14.9 Å². The zero-order valence-electron chi connectivity index (χ0n) is 12.2. The monoisotopic (exact) mass is 396 g/mol. The standard InChI is InChI=1S/C16H7Cl3N2O4/c17-11-3-1-2-8(14(11)19)6-13-16(22)25-15(20-13)10-5-4-9(21(23)24)7-12(10)18/h1-7H. The van der Waals surface area contributed by atoms with Gasteiger partial charge in [0.2, 0.25) is 5.90 Å². The van der Waals surface area contributed by atoms with Crippen molar-refractivity contribution >= 4 is 58.4 Å². The van der Waals surface area contributed by atoms with Gasteiger partial charge >= 0.3 is 5.97 Å². The van der Waals surface area contributed by atoms with Crippen LogP contribution < -0.4 is 0 Å². The van der Waals surface area contributed by atoms with Crippen LogP contribution in [0.15, 0.2) is 47.1 Å². The number of nitrogens with zero attached hydrogens (tertiary/aromatic N) is 2. The molecule has 0 saturated carbocycles. The molecule has 2 aromatic carbocycles. The lowest BCUT2D eigenvalue weighted by Gasteiger charge is -2.02. The minimum Gasteiger partial charge on any atom is -0.402 e. The van der Waals surface area contributed by atoms with Crippen LogP contribution in [0.4, 0.5) is 5.69 Å². The van der Waals surface area contributed by atoms with Gasteiger partial charge in [-0.05, 0) is 23.8 Å². The molecule has 2 aromatic rings. The molecule has 1 aliphatic heterocycles. The fourth-order valence-electron chi connectivity index (χ4n) is 2.09. The Kier molecular flexibility index (Phi) is 4.76. The molecule has 25 heavy (non-hydrogen) atoms. The van der Waals surface area contributed by atoms with Crippen molar-refractivity contribution in [2.45, 2.75) is 0 Å². The third kappa shape index (κ3) is 3.51. The molecule has 0 fully saturated rings. The number of carbonyl (C=O) groups excluding carboxylic acids is 1. The highest BCUT2D eigenvalue weighted by Gasteiger charge is 2.26. The highest BCUT2D eigenvalue weighted by Crippen LogP contribution is 2.30. The number of esters is 1. The number of rotatable bonds is 3. The van der Waals surface area contributed by atoms with Crippen LogP contribution in [-0.2, 0) is 9.53 Å². The number of halogens is 3. The Morgan fingerprint density at radius 1 is 1.12 bits per heavy atom. The van der Waals surface area contributed by atoms with Gasteiger partial charge in [-0.3, -0.25) is 10.1 Å².